The van der Waals surface area contributed by atoms with Crippen LogP contribution in [0.2, 0.25) is 0 Å². The second-order valence-electron chi connectivity index (χ2n) is 9.52. The van der Waals surface area contributed by atoms with E-state index in [9.17, 15) is 9.90 Å². The molecule has 0 saturated carbocycles. The molecule has 34 heavy (non-hydrogen) atoms. The first-order chi connectivity index (χ1) is 16.4. The fourth-order valence-corrected chi connectivity index (χ4v) is 4.92. The van der Waals surface area contributed by atoms with Crippen LogP contribution in [0.5, 0.6) is 5.75 Å². The van der Waals surface area contributed by atoms with Crippen LogP contribution < -0.4 is 4.74 Å². The minimum atomic E-state index is -0.455. The van der Waals surface area contributed by atoms with E-state index in [1.165, 1.54) is 27.7 Å². The van der Waals surface area contributed by atoms with Gasteiger partial charge < -0.3 is 19.3 Å². The minimum Gasteiger partial charge on any atom is -0.494 e. The molecule has 1 aromatic heterocycles. The van der Waals surface area contributed by atoms with Crippen LogP contribution in [-0.4, -0.2) is 64.8 Å². The lowest BCUT2D eigenvalue weighted by atomic mass is 10.2. The Morgan fingerprint density at radius 3 is 2.62 bits per heavy atom. The van der Waals surface area contributed by atoms with Crippen LogP contribution in [0.3, 0.4) is 0 Å². The van der Waals surface area contributed by atoms with Gasteiger partial charge in [-0.25, -0.2) is 0 Å². The third-order valence-electron chi connectivity index (χ3n) is 6.85. The monoisotopic (exact) mass is 463 g/mol. The molecule has 6 nitrogen and oxygen atoms in total. The van der Waals surface area contributed by atoms with Gasteiger partial charge in [-0.3, -0.25) is 9.69 Å². The molecule has 3 aromatic rings. The lowest BCUT2D eigenvalue weighted by Crippen LogP contribution is -2.32. The van der Waals surface area contributed by atoms with Crippen LogP contribution in [0.1, 0.15) is 36.1 Å². The maximum absolute atomic E-state index is 11.7. The standard InChI is InChI=1S/C28H37N3O3/c1-21-22(2)31(27-9-5-4-8-26(21)27)20-24(32)19-29(3)18-23-11-13-25(14-12-23)34-17-7-16-30-15-6-10-28(30)33/h4-5,8-9,11-14,24,32H,6-7,10,15-20H2,1-3H3. The largest absolute Gasteiger partial charge is 0.494 e. The topological polar surface area (TPSA) is 57.9 Å². The van der Waals surface area contributed by atoms with Crippen LogP contribution in [-0.2, 0) is 17.9 Å². The van der Waals surface area contributed by atoms with Crippen molar-refractivity contribution >= 4 is 16.8 Å². The summed E-state index contributed by atoms with van der Waals surface area (Å²) >= 11 is 0. The van der Waals surface area contributed by atoms with Crippen molar-refractivity contribution in [3.8, 4) is 5.75 Å². The molecule has 2 heterocycles. The third-order valence-corrected chi connectivity index (χ3v) is 6.85. The van der Waals surface area contributed by atoms with Gasteiger partial charge in [0.25, 0.3) is 0 Å². The zero-order valence-corrected chi connectivity index (χ0v) is 20.7. The summed E-state index contributed by atoms with van der Waals surface area (Å²) < 4.78 is 8.08. The Morgan fingerprint density at radius 2 is 1.88 bits per heavy atom. The van der Waals surface area contributed by atoms with Gasteiger partial charge in [-0.2, -0.15) is 0 Å². The summed E-state index contributed by atoms with van der Waals surface area (Å²) in [6.07, 6.45) is 2.07. The van der Waals surface area contributed by atoms with E-state index in [0.29, 0.717) is 26.1 Å². The van der Waals surface area contributed by atoms with E-state index >= 15 is 0 Å². The molecule has 0 aliphatic carbocycles. The smallest absolute Gasteiger partial charge is 0.222 e. The number of hydrogen-bond acceptors (Lipinski definition) is 4. The number of aromatic nitrogens is 1. The number of likely N-dealkylation sites (tertiary alicyclic amines) is 1. The molecule has 1 aliphatic heterocycles. The molecule has 1 N–H and O–H groups in total. The van der Waals surface area contributed by atoms with Gasteiger partial charge >= 0.3 is 0 Å². The molecule has 1 saturated heterocycles. The molecular weight excluding hydrogens is 426 g/mol. The van der Waals surface area contributed by atoms with Gasteiger partial charge in [-0.15, -0.1) is 0 Å². The summed E-state index contributed by atoms with van der Waals surface area (Å²) in [5.74, 6) is 1.12. The maximum atomic E-state index is 11.7. The number of benzene rings is 2. The van der Waals surface area contributed by atoms with E-state index in [1.807, 2.05) is 24.1 Å². The number of rotatable bonds is 11. The second kappa shape index (κ2) is 11.1. The predicted octanol–water partition coefficient (Wildman–Crippen LogP) is 4.14. The van der Waals surface area contributed by atoms with Crippen molar-refractivity contribution in [2.45, 2.75) is 52.3 Å². The molecule has 1 amide bonds. The Morgan fingerprint density at radius 1 is 1.12 bits per heavy atom. The lowest BCUT2D eigenvalue weighted by molar-refractivity contribution is -0.127. The molecule has 0 radical (unpaired) electrons. The Balaban J connectivity index is 1.22. The van der Waals surface area contributed by atoms with Crippen LogP contribution in [0.15, 0.2) is 48.5 Å². The number of para-hydroxylation sites is 1. The molecule has 6 heteroatoms. The Hall–Kier alpha value is -2.83. The first kappa shape index (κ1) is 24.3. The minimum absolute atomic E-state index is 0.269. The van der Waals surface area contributed by atoms with Crippen molar-refractivity contribution in [3.05, 3.63) is 65.4 Å². The second-order valence-corrected chi connectivity index (χ2v) is 9.52. The molecule has 1 unspecified atom stereocenters. The predicted molar refractivity (Wildman–Crippen MR) is 136 cm³/mol. The van der Waals surface area contributed by atoms with Gasteiger partial charge in [0, 0.05) is 49.2 Å². The number of likely N-dealkylation sites (N-methyl/N-ethyl adjacent to an activating group) is 1. The summed E-state index contributed by atoms with van der Waals surface area (Å²) in [5.41, 5.74) is 4.86. The highest BCUT2D eigenvalue weighted by atomic mass is 16.5. The Kier molecular flexibility index (Phi) is 7.91. The van der Waals surface area contributed by atoms with Crippen LogP contribution in [0.4, 0.5) is 0 Å². The molecule has 182 valence electrons. The third kappa shape index (κ3) is 5.80. The van der Waals surface area contributed by atoms with Gasteiger partial charge in [0.05, 0.1) is 19.3 Å². The number of hydrogen-bond donors (Lipinski definition) is 1. The summed E-state index contributed by atoms with van der Waals surface area (Å²) in [7, 11) is 2.04. The number of aliphatic hydroxyl groups excluding tert-OH is 1. The number of fused-ring (bicyclic) bond motifs is 1. The van der Waals surface area contributed by atoms with E-state index in [-0.39, 0.29) is 5.91 Å². The van der Waals surface area contributed by atoms with E-state index in [4.69, 9.17) is 4.74 Å². The first-order valence-corrected chi connectivity index (χ1v) is 12.3. The van der Waals surface area contributed by atoms with Gasteiger partial charge in [0.2, 0.25) is 5.91 Å². The van der Waals surface area contributed by atoms with Crippen LogP contribution in [0.25, 0.3) is 10.9 Å². The number of carbonyl (C=O) groups excluding carboxylic acids is 1. The molecule has 4 rings (SSSR count). The number of amides is 1. The fourth-order valence-electron chi connectivity index (χ4n) is 4.92. The van der Waals surface area contributed by atoms with Gasteiger partial charge in [-0.05, 0) is 63.1 Å². The van der Waals surface area contributed by atoms with Crippen LogP contribution >= 0.6 is 0 Å². The van der Waals surface area contributed by atoms with Gasteiger partial charge in [0.1, 0.15) is 5.75 Å². The normalized spacial score (nSPS) is 15.0. The summed E-state index contributed by atoms with van der Waals surface area (Å²) in [5, 5.41) is 12.1. The highest BCUT2D eigenvalue weighted by Crippen LogP contribution is 2.25. The molecule has 1 fully saturated rings. The van der Waals surface area contributed by atoms with Crippen molar-refractivity contribution in [3.63, 3.8) is 0 Å². The average molecular weight is 464 g/mol. The highest BCUT2D eigenvalue weighted by molar-refractivity contribution is 5.85. The van der Waals surface area contributed by atoms with Crippen molar-refractivity contribution < 1.29 is 14.6 Å². The highest BCUT2D eigenvalue weighted by Gasteiger charge is 2.19. The summed E-state index contributed by atoms with van der Waals surface area (Å²) in [6.45, 7) is 8.49. The molecular formula is C28H37N3O3. The molecule has 0 bridgehead atoms. The molecule has 1 aliphatic rings. The van der Waals surface area contributed by atoms with E-state index in [2.05, 4.69) is 59.7 Å². The molecule has 2 aromatic carbocycles. The molecule has 1 atom stereocenters. The number of ether oxygens (including phenoxy) is 1. The number of aliphatic hydroxyl groups is 1. The number of carbonyl (C=O) groups is 1. The molecule has 0 spiro atoms. The fraction of sp³-hybridized carbons (Fsp3) is 0.464. The maximum Gasteiger partial charge on any atom is 0.222 e. The van der Waals surface area contributed by atoms with Crippen molar-refractivity contribution in [1.29, 1.82) is 0 Å². The zero-order chi connectivity index (χ0) is 24.1. The van der Waals surface area contributed by atoms with Gasteiger partial charge in [0.15, 0.2) is 0 Å². The zero-order valence-electron chi connectivity index (χ0n) is 20.7. The van der Waals surface area contributed by atoms with E-state index in [0.717, 1.165) is 38.2 Å². The van der Waals surface area contributed by atoms with Crippen molar-refractivity contribution in [2.75, 3.05) is 33.3 Å². The van der Waals surface area contributed by atoms with Crippen LogP contribution in [0, 0.1) is 13.8 Å². The summed E-state index contributed by atoms with van der Waals surface area (Å²) in [6, 6.07) is 16.5. The van der Waals surface area contributed by atoms with Gasteiger partial charge in [-0.1, -0.05) is 30.3 Å². The average Bonchev–Trinajstić information content (AvgIpc) is 3.34. The SMILES string of the molecule is Cc1c(C)n(CC(O)CN(C)Cc2ccc(OCCCN3CCCC3=O)cc2)c2ccccc12. The Labute approximate surface area is 202 Å². The van der Waals surface area contributed by atoms with Crippen molar-refractivity contribution in [2.24, 2.45) is 0 Å². The first-order valence-electron chi connectivity index (χ1n) is 12.3. The van der Waals surface area contributed by atoms with E-state index in [1.54, 1.807) is 0 Å². The Bertz CT molecular complexity index is 1110. The summed E-state index contributed by atoms with van der Waals surface area (Å²) in [4.78, 5) is 15.7. The number of aryl methyl sites for hydroxylation is 1. The van der Waals surface area contributed by atoms with E-state index < -0.39 is 6.10 Å². The number of nitrogens with zero attached hydrogens (tertiary/aromatic N) is 3. The lowest BCUT2D eigenvalue weighted by Gasteiger charge is -2.22. The van der Waals surface area contributed by atoms with Crippen molar-refractivity contribution in [1.82, 2.24) is 14.4 Å². The quantitative estimate of drug-likeness (QED) is 0.434.